The molecule has 0 spiro atoms. The van der Waals surface area contributed by atoms with E-state index in [0.29, 0.717) is 25.9 Å². The molecule has 406 valence electrons. The van der Waals surface area contributed by atoms with Crippen LogP contribution in [0.3, 0.4) is 0 Å². The third-order valence-corrected chi connectivity index (χ3v) is 14.5. The molecule has 2 aliphatic rings. The first-order chi connectivity index (χ1) is 34.1. The van der Waals surface area contributed by atoms with E-state index in [0.717, 1.165) is 33.9 Å². The van der Waals surface area contributed by atoms with Gasteiger partial charge in [-0.1, -0.05) is 44.2 Å². The standard InChI is InChI=1S/C49H70N4O18S2/c1-48(2)32-24-30(46(64)50-26-36(56)42(60)44(62)38(58)28-54)16-18-34(32)52(20-10-12-22-72(66,67)68)40(48)14-8-6-5-7-9-15-41-49(3,4)33-25-31(17-19-35(33)53(41)21-11-13-23-73(69,70)71)47(65)51-27-37(57)43(61)45(63)39(59)29-55/h5-9,14-19,24-25,36-39,42-45,54-63H,10-13,20-23,26-29H2,1-4H3,(H3-,50,51,64,65,66,67,68,69,70,71)/p+1/t36-,37-,38+,39+,42+,43+,44+,45+/m0/s1. The zero-order valence-electron chi connectivity index (χ0n) is 41.1. The molecule has 73 heavy (non-hydrogen) atoms. The number of hydrogen-bond acceptors (Lipinski definition) is 17. The van der Waals surface area contributed by atoms with Crippen LogP contribution in [0.2, 0.25) is 0 Å². The predicted molar refractivity (Wildman–Crippen MR) is 270 cm³/mol. The second kappa shape index (κ2) is 26.1. The van der Waals surface area contributed by atoms with Crippen LogP contribution in [-0.2, 0) is 31.1 Å². The molecule has 4 rings (SSSR count). The molecule has 0 unspecified atom stereocenters. The molecule has 0 bridgehead atoms. The summed E-state index contributed by atoms with van der Waals surface area (Å²) in [5.41, 5.74) is 3.55. The minimum Gasteiger partial charge on any atom is -0.394 e. The maximum Gasteiger partial charge on any atom is 0.264 e. The Hall–Kier alpha value is -4.77. The number of fused-ring (bicyclic) bond motifs is 2. The molecule has 8 atom stereocenters. The van der Waals surface area contributed by atoms with E-state index >= 15 is 0 Å². The van der Waals surface area contributed by atoms with Crippen molar-refractivity contribution in [2.75, 3.05) is 55.8 Å². The number of aliphatic hydroxyl groups excluding tert-OH is 10. The number of unbranched alkanes of at least 4 members (excludes halogenated alkanes) is 2. The Morgan fingerprint density at radius 2 is 1.08 bits per heavy atom. The highest BCUT2D eigenvalue weighted by atomic mass is 32.2. The van der Waals surface area contributed by atoms with E-state index in [1.54, 1.807) is 66.8 Å². The number of nitrogens with one attached hydrogen (secondary N) is 2. The number of amides is 2. The van der Waals surface area contributed by atoms with Gasteiger partial charge < -0.3 is 66.6 Å². The fraction of sp³-hybridized carbons (Fsp3) is 0.531. The molecule has 0 saturated carbocycles. The van der Waals surface area contributed by atoms with Crippen molar-refractivity contribution in [3.05, 3.63) is 107 Å². The molecule has 2 amide bonds. The van der Waals surface area contributed by atoms with Gasteiger partial charge in [-0.25, -0.2) is 0 Å². The van der Waals surface area contributed by atoms with Crippen LogP contribution in [0, 0.1) is 0 Å². The lowest BCUT2D eigenvalue weighted by atomic mass is 9.80. The smallest absolute Gasteiger partial charge is 0.264 e. The first kappa shape index (κ1) is 60.8. The quantitative estimate of drug-likeness (QED) is 0.0212. The molecular formula is C49H71N4O18S2+. The Labute approximate surface area is 425 Å². The number of allylic oxidation sites excluding steroid dienone is 8. The van der Waals surface area contributed by atoms with Crippen molar-refractivity contribution < 1.29 is 91.2 Å². The summed E-state index contributed by atoms with van der Waals surface area (Å²) in [4.78, 5) is 28.5. The van der Waals surface area contributed by atoms with E-state index in [1.165, 1.54) is 0 Å². The summed E-state index contributed by atoms with van der Waals surface area (Å²) >= 11 is 0. The van der Waals surface area contributed by atoms with Gasteiger partial charge in [0.05, 0.1) is 42.3 Å². The van der Waals surface area contributed by atoms with Gasteiger partial charge in [0.2, 0.25) is 5.69 Å². The van der Waals surface area contributed by atoms with Crippen molar-refractivity contribution in [1.29, 1.82) is 0 Å². The molecule has 22 nitrogen and oxygen atoms in total. The number of carbonyl (C=O) groups excluding carboxylic acids is 2. The number of hydrogen-bond donors (Lipinski definition) is 14. The second-order valence-electron chi connectivity index (χ2n) is 19.1. The van der Waals surface area contributed by atoms with Gasteiger partial charge in [-0.05, 0) is 75.1 Å². The SMILES string of the molecule is CC1(C)C(/C=C/C=C/C=C/C=C2\N(CCCCS(=O)(=O)O)c3ccc(C(=O)NC[C@H](O)[C@@H](O)[C@H](O)[C@H](O)CO)cc3C2(C)C)=[N+](CCCCS(=O)(=O)O)c2ccc(C(=O)NC[C@H](O)[C@@H](O)[C@H](O)[C@H](O)CO)cc21. The topological polar surface area (TPSA) is 375 Å². The number of benzene rings is 2. The van der Waals surface area contributed by atoms with Crippen LogP contribution in [0.25, 0.3) is 0 Å². The minimum absolute atomic E-state index is 0.172. The van der Waals surface area contributed by atoms with Crippen molar-refractivity contribution in [1.82, 2.24) is 10.6 Å². The highest BCUT2D eigenvalue weighted by Gasteiger charge is 2.45. The highest BCUT2D eigenvalue weighted by Crippen LogP contribution is 2.48. The molecule has 14 N–H and O–H groups in total. The maximum atomic E-state index is 13.3. The fourth-order valence-electron chi connectivity index (χ4n) is 8.68. The number of nitrogens with zero attached hydrogens (tertiary/aromatic N) is 2. The van der Waals surface area contributed by atoms with Gasteiger partial charge >= 0.3 is 0 Å². The van der Waals surface area contributed by atoms with Gasteiger partial charge in [0, 0.05) is 71.7 Å². The molecule has 24 heteroatoms. The molecule has 0 saturated heterocycles. The molecule has 0 radical (unpaired) electrons. The molecule has 0 fully saturated rings. The van der Waals surface area contributed by atoms with Gasteiger partial charge in [-0.15, -0.1) is 0 Å². The fourth-order valence-corrected chi connectivity index (χ4v) is 9.81. The summed E-state index contributed by atoms with van der Waals surface area (Å²) in [6.07, 6.45) is -0.458. The summed E-state index contributed by atoms with van der Waals surface area (Å²) in [5, 5.41) is 103. The van der Waals surface area contributed by atoms with Crippen LogP contribution in [0.15, 0.2) is 84.6 Å². The van der Waals surface area contributed by atoms with E-state index < -0.39 is 130 Å². The average Bonchev–Trinajstić information content (AvgIpc) is 3.68. The first-order valence-corrected chi connectivity index (χ1v) is 26.9. The monoisotopic (exact) mass is 1070 g/mol. The normalized spacial score (nSPS) is 19.5. The van der Waals surface area contributed by atoms with E-state index in [9.17, 15) is 76.4 Å². The lowest BCUT2D eigenvalue weighted by Crippen LogP contribution is -2.49. The first-order valence-electron chi connectivity index (χ1n) is 23.6. The third kappa shape index (κ3) is 16.1. The molecule has 2 aromatic carbocycles. The zero-order valence-corrected chi connectivity index (χ0v) is 42.8. The van der Waals surface area contributed by atoms with Crippen molar-refractivity contribution >= 4 is 49.1 Å². The van der Waals surface area contributed by atoms with E-state index in [-0.39, 0.29) is 24.0 Å². The summed E-state index contributed by atoms with van der Waals surface area (Å²) in [6.45, 7) is 5.77. The molecular weight excluding hydrogens is 997 g/mol. The van der Waals surface area contributed by atoms with Gasteiger partial charge in [-0.2, -0.15) is 21.4 Å². The third-order valence-electron chi connectivity index (χ3n) is 12.9. The number of rotatable bonds is 28. The Balaban J connectivity index is 1.57. The van der Waals surface area contributed by atoms with Crippen LogP contribution in [-0.4, -0.2) is 199 Å². The predicted octanol–water partition coefficient (Wildman–Crippen LogP) is -0.919. The molecule has 2 aliphatic heterocycles. The van der Waals surface area contributed by atoms with Crippen LogP contribution in [0.1, 0.15) is 85.2 Å². The lowest BCUT2D eigenvalue weighted by Gasteiger charge is -2.27. The van der Waals surface area contributed by atoms with Crippen molar-refractivity contribution in [3.63, 3.8) is 0 Å². The van der Waals surface area contributed by atoms with Crippen molar-refractivity contribution in [3.8, 4) is 0 Å². The van der Waals surface area contributed by atoms with Crippen LogP contribution >= 0.6 is 0 Å². The van der Waals surface area contributed by atoms with Gasteiger partial charge in [0.25, 0.3) is 32.1 Å². The zero-order chi connectivity index (χ0) is 54.6. The Kier molecular flexibility index (Phi) is 21.8. The molecule has 2 aromatic rings. The molecule has 0 aliphatic carbocycles. The second-order valence-corrected chi connectivity index (χ2v) is 22.2. The number of anilines is 1. The lowest BCUT2D eigenvalue weighted by molar-refractivity contribution is -0.438. The van der Waals surface area contributed by atoms with Crippen molar-refractivity contribution in [2.24, 2.45) is 0 Å². The van der Waals surface area contributed by atoms with E-state index in [2.05, 4.69) is 10.6 Å². The molecule has 0 aromatic heterocycles. The number of aliphatic hydroxyl groups is 10. The minimum atomic E-state index is -4.19. The summed E-state index contributed by atoms with van der Waals surface area (Å²) in [6, 6.07) is 9.92. The number of carbonyl (C=O) groups is 2. The summed E-state index contributed by atoms with van der Waals surface area (Å²) in [7, 11) is -8.38. The van der Waals surface area contributed by atoms with Gasteiger partial charge in [0.1, 0.15) is 43.2 Å². The summed E-state index contributed by atoms with van der Waals surface area (Å²) in [5.74, 6) is -2.08. The Morgan fingerprint density at radius 1 is 0.616 bits per heavy atom. The summed E-state index contributed by atoms with van der Waals surface area (Å²) < 4.78 is 66.5. The molecule has 2 heterocycles. The van der Waals surface area contributed by atoms with Crippen molar-refractivity contribution in [2.45, 2.75) is 113 Å². The Morgan fingerprint density at radius 3 is 1.60 bits per heavy atom. The largest absolute Gasteiger partial charge is 0.394 e. The van der Waals surface area contributed by atoms with Crippen LogP contribution in [0.4, 0.5) is 11.4 Å². The van der Waals surface area contributed by atoms with Crippen LogP contribution < -0.4 is 15.5 Å². The van der Waals surface area contributed by atoms with E-state index in [4.69, 9.17) is 10.2 Å². The highest BCUT2D eigenvalue weighted by molar-refractivity contribution is 7.86. The Bertz CT molecular complexity index is 2630. The maximum absolute atomic E-state index is 13.3. The van der Waals surface area contributed by atoms with Crippen LogP contribution in [0.5, 0.6) is 0 Å². The van der Waals surface area contributed by atoms with Gasteiger partial charge in [0.15, 0.2) is 5.71 Å². The average molecular weight is 1070 g/mol. The van der Waals surface area contributed by atoms with E-state index in [1.807, 2.05) is 49.3 Å². The van der Waals surface area contributed by atoms with Gasteiger partial charge in [-0.3, -0.25) is 18.7 Å².